The van der Waals surface area contributed by atoms with Crippen LogP contribution in [0.2, 0.25) is 0 Å². The average Bonchev–Trinajstić information content (AvgIpc) is 2.39. The molecular weight excluding hydrogens is 254 g/mol. The molecule has 2 N–H and O–H groups in total. The Morgan fingerprint density at radius 3 is 2.58 bits per heavy atom. The predicted octanol–water partition coefficient (Wildman–Crippen LogP) is 2.69. The molecule has 4 heteroatoms. The van der Waals surface area contributed by atoms with E-state index in [1.807, 2.05) is 12.3 Å². The minimum Gasteiger partial charge on any atom is -0.326 e. The molecule has 1 aromatic rings. The van der Waals surface area contributed by atoms with Gasteiger partial charge in [-0.05, 0) is 18.6 Å². The van der Waals surface area contributed by atoms with Gasteiger partial charge in [0.2, 0.25) is 0 Å². The van der Waals surface area contributed by atoms with E-state index in [-0.39, 0.29) is 12.1 Å². The van der Waals surface area contributed by atoms with Gasteiger partial charge >= 0.3 is 0 Å². The van der Waals surface area contributed by atoms with Gasteiger partial charge in [-0.25, -0.2) is 0 Å². The molecule has 0 bridgehead atoms. The molecule has 1 aliphatic heterocycles. The van der Waals surface area contributed by atoms with E-state index in [1.165, 1.54) is 0 Å². The van der Waals surface area contributed by atoms with Crippen molar-refractivity contribution >= 4 is 11.8 Å². The van der Waals surface area contributed by atoms with Crippen molar-refractivity contribution in [3.63, 3.8) is 0 Å². The van der Waals surface area contributed by atoms with Gasteiger partial charge in [0.1, 0.15) is 0 Å². The van der Waals surface area contributed by atoms with Crippen LogP contribution < -0.4 is 5.73 Å². The lowest BCUT2D eigenvalue weighted by molar-refractivity contribution is 0.163. The first-order valence-electron chi connectivity index (χ1n) is 7.17. The van der Waals surface area contributed by atoms with Gasteiger partial charge in [0.05, 0.1) is 11.7 Å². The lowest BCUT2D eigenvalue weighted by Gasteiger charge is -2.41. The maximum Gasteiger partial charge on any atom is 0.0674 e. The van der Waals surface area contributed by atoms with Crippen LogP contribution in [0.3, 0.4) is 0 Å². The van der Waals surface area contributed by atoms with Crippen LogP contribution in [0.15, 0.2) is 24.4 Å². The Bertz CT molecular complexity index is 374. The number of hydrogen-bond donors (Lipinski definition) is 1. The summed E-state index contributed by atoms with van der Waals surface area (Å²) in [6, 6.07) is 6.53. The van der Waals surface area contributed by atoms with Crippen LogP contribution in [0.1, 0.15) is 38.9 Å². The Hall–Kier alpha value is -0.580. The highest BCUT2D eigenvalue weighted by Crippen LogP contribution is 2.32. The smallest absolute Gasteiger partial charge is 0.0674 e. The third-order valence-corrected chi connectivity index (χ3v) is 4.94. The van der Waals surface area contributed by atoms with E-state index in [0.29, 0.717) is 10.5 Å². The lowest BCUT2D eigenvalue weighted by Crippen LogP contribution is -2.48. The summed E-state index contributed by atoms with van der Waals surface area (Å²) in [6.45, 7) is 8.97. The van der Waals surface area contributed by atoms with Gasteiger partial charge in [-0.15, -0.1) is 0 Å². The molecule has 1 fully saturated rings. The van der Waals surface area contributed by atoms with Crippen molar-refractivity contribution in [2.75, 3.05) is 13.1 Å². The fourth-order valence-electron chi connectivity index (χ4n) is 2.90. The highest BCUT2D eigenvalue weighted by atomic mass is 32.2. The zero-order valence-electron chi connectivity index (χ0n) is 12.1. The first-order chi connectivity index (χ1) is 9.11. The first kappa shape index (κ1) is 14.8. The van der Waals surface area contributed by atoms with E-state index in [9.17, 15) is 0 Å². The first-order valence-corrected chi connectivity index (χ1v) is 8.12. The summed E-state index contributed by atoms with van der Waals surface area (Å²) in [5, 5.41) is 1.33. The molecule has 0 amide bonds. The summed E-state index contributed by atoms with van der Waals surface area (Å²) in [5.41, 5.74) is 7.50. The van der Waals surface area contributed by atoms with E-state index in [4.69, 9.17) is 5.73 Å². The molecule has 1 saturated heterocycles. The summed E-state index contributed by atoms with van der Waals surface area (Å²) in [7, 11) is 0. The Morgan fingerprint density at radius 2 is 2.05 bits per heavy atom. The van der Waals surface area contributed by atoms with Crippen LogP contribution >= 0.6 is 11.8 Å². The largest absolute Gasteiger partial charge is 0.326 e. The Balaban J connectivity index is 2.23. The molecule has 0 aromatic carbocycles. The minimum atomic E-state index is 0.150. The molecule has 0 saturated carbocycles. The Morgan fingerprint density at radius 1 is 1.37 bits per heavy atom. The topological polar surface area (TPSA) is 42.1 Å². The Labute approximate surface area is 121 Å². The number of hydrogen-bond acceptors (Lipinski definition) is 4. The number of nitrogens with zero attached hydrogens (tertiary/aromatic N) is 2. The summed E-state index contributed by atoms with van der Waals surface area (Å²) in [5.74, 6) is 0. The maximum absolute atomic E-state index is 6.38. The summed E-state index contributed by atoms with van der Waals surface area (Å²) >= 11 is 2.07. The summed E-state index contributed by atoms with van der Waals surface area (Å²) in [4.78, 5) is 7.07. The van der Waals surface area contributed by atoms with E-state index >= 15 is 0 Å². The molecular formula is C15H25N3S. The van der Waals surface area contributed by atoms with Crippen molar-refractivity contribution < 1.29 is 0 Å². The van der Waals surface area contributed by atoms with Gasteiger partial charge in [0.25, 0.3) is 0 Å². The molecule has 4 unspecified atom stereocenters. The van der Waals surface area contributed by atoms with Gasteiger partial charge in [-0.1, -0.05) is 26.8 Å². The molecule has 2 rings (SSSR count). The van der Waals surface area contributed by atoms with Crippen molar-refractivity contribution in [2.24, 2.45) is 5.73 Å². The van der Waals surface area contributed by atoms with Crippen LogP contribution in [0.4, 0.5) is 0 Å². The molecule has 1 aliphatic rings. The zero-order chi connectivity index (χ0) is 13.8. The third kappa shape index (κ3) is 3.71. The SMILES string of the molecule is CCC(N)C(c1ccccn1)N1CC(C)SC(C)C1. The maximum atomic E-state index is 6.38. The van der Waals surface area contributed by atoms with E-state index in [2.05, 4.69) is 54.5 Å². The average molecular weight is 279 g/mol. The van der Waals surface area contributed by atoms with Gasteiger partial charge in [0, 0.05) is 35.8 Å². The second-order valence-corrected chi connectivity index (χ2v) is 7.36. The second-order valence-electron chi connectivity index (χ2n) is 5.48. The highest BCUT2D eigenvalue weighted by Gasteiger charge is 2.32. The van der Waals surface area contributed by atoms with Gasteiger partial charge in [0.15, 0.2) is 0 Å². The van der Waals surface area contributed by atoms with E-state index < -0.39 is 0 Å². The number of rotatable bonds is 4. The van der Waals surface area contributed by atoms with Gasteiger partial charge in [-0.2, -0.15) is 11.8 Å². The summed E-state index contributed by atoms with van der Waals surface area (Å²) in [6.07, 6.45) is 2.85. The number of nitrogens with two attached hydrogens (primary N) is 1. The van der Waals surface area contributed by atoms with E-state index in [1.54, 1.807) is 0 Å². The lowest BCUT2D eigenvalue weighted by atomic mass is 10.00. The fourth-order valence-corrected chi connectivity index (χ4v) is 4.24. The van der Waals surface area contributed by atoms with Gasteiger partial charge < -0.3 is 5.73 Å². The van der Waals surface area contributed by atoms with Crippen LogP contribution in [-0.2, 0) is 0 Å². The highest BCUT2D eigenvalue weighted by molar-refractivity contribution is 8.00. The van der Waals surface area contributed by atoms with Crippen LogP contribution in [0.5, 0.6) is 0 Å². The minimum absolute atomic E-state index is 0.150. The van der Waals surface area contributed by atoms with Gasteiger partial charge in [-0.3, -0.25) is 9.88 Å². The van der Waals surface area contributed by atoms with Crippen molar-refractivity contribution in [2.45, 2.75) is 49.8 Å². The quantitative estimate of drug-likeness (QED) is 0.920. The zero-order valence-corrected chi connectivity index (χ0v) is 12.9. The number of aromatic nitrogens is 1. The van der Waals surface area contributed by atoms with Crippen molar-refractivity contribution in [1.82, 2.24) is 9.88 Å². The molecule has 19 heavy (non-hydrogen) atoms. The van der Waals surface area contributed by atoms with E-state index in [0.717, 1.165) is 25.2 Å². The molecule has 106 valence electrons. The molecule has 3 nitrogen and oxygen atoms in total. The fraction of sp³-hybridized carbons (Fsp3) is 0.667. The monoisotopic (exact) mass is 279 g/mol. The molecule has 2 heterocycles. The molecule has 0 aliphatic carbocycles. The van der Waals surface area contributed by atoms with Crippen LogP contribution in [0.25, 0.3) is 0 Å². The van der Waals surface area contributed by atoms with Crippen LogP contribution in [0, 0.1) is 0 Å². The molecule has 1 aromatic heterocycles. The number of pyridine rings is 1. The van der Waals surface area contributed by atoms with Crippen molar-refractivity contribution in [3.05, 3.63) is 30.1 Å². The number of thioether (sulfide) groups is 1. The summed E-state index contributed by atoms with van der Waals surface area (Å²) < 4.78 is 0. The van der Waals surface area contributed by atoms with Crippen molar-refractivity contribution in [3.8, 4) is 0 Å². The predicted molar refractivity (Wildman–Crippen MR) is 83.3 cm³/mol. The standard InChI is InChI=1S/C15H25N3S/c1-4-13(16)15(14-7-5-6-8-17-14)18-9-11(2)19-12(3)10-18/h5-8,11-13,15H,4,9-10,16H2,1-3H3. The molecule has 4 atom stereocenters. The van der Waals surface area contributed by atoms with Crippen LogP contribution in [-0.4, -0.2) is 39.5 Å². The normalized spacial score (nSPS) is 28.0. The molecule has 0 spiro atoms. The molecule has 0 radical (unpaired) electrons. The van der Waals surface area contributed by atoms with Crippen molar-refractivity contribution in [1.29, 1.82) is 0 Å². The second kappa shape index (κ2) is 6.73. The Kier molecular flexibility index (Phi) is 5.25. The third-order valence-electron chi connectivity index (χ3n) is 3.71.